The van der Waals surface area contributed by atoms with Gasteiger partial charge in [0.25, 0.3) is 0 Å². The predicted molar refractivity (Wildman–Crippen MR) is 85.8 cm³/mol. The Kier molecular flexibility index (Phi) is 4.56. The number of anilines is 1. The Bertz CT molecular complexity index is 509. The standard InChI is InChI=1S/C17H25N3O/c1-14(21)20-9-2-3-16-13-15(4-5-17(16)20)6-10-19-11-7-18-8-12-19/h4-5,13,18H,2-3,6-12H2,1H3. The van der Waals surface area contributed by atoms with Gasteiger partial charge in [0.1, 0.15) is 0 Å². The van der Waals surface area contributed by atoms with E-state index in [1.807, 2.05) is 4.90 Å². The molecule has 114 valence electrons. The number of rotatable bonds is 3. The van der Waals surface area contributed by atoms with Gasteiger partial charge in [-0.2, -0.15) is 0 Å². The molecule has 0 aliphatic carbocycles. The number of fused-ring (bicyclic) bond motifs is 1. The van der Waals surface area contributed by atoms with Crippen molar-refractivity contribution in [2.45, 2.75) is 26.2 Å². The Hall–Kier alpha value is -1.39. The molecule has 0 aromatic heterocycles. The molecule has 1 N–H and O–H groups in total. The fourth-order valence-electron chi connectivity index (χ4n) is 3.36. The zero-order chi connectivity index (χ0) is 14.7. The molecular formula is C17H25N3O. The Morgan fingerprint density at radius 1 is 1.24 bits per heavy atom. The molecule has 1 saturated heterocycles. The number of aryl methyl sites for hydroxylation is 1. The van der Waals surface area contributed by atoms with E-state index in [1.165, 1.54) is 11.1 Å². The highest BCUT2D eigenvalue weighted by atomic mass is 16.2. The summed E-state index contributed by atoms with van der Waals surface area (Å²) >= 11 is 0. The van der Waals surface area contributed by atoms with Gasteiger partial charge in [-0.15, -0.1) is 0 Å². The van der Waals surface area contributed by atoms with Crippen LogP contribution in [0.1, 0.15) is 24.5 Å². The van der Waals surface area contributed by atoms with Crippen LogP contribution in [0.15, 0.2) is 18.2 Å². The largest absolute Gasteiger partial charge is 0.314 e. The van der Waals surface area contributed by atoms with Crippen molar-refractivity contribution in [1.82, 2.24) is 10.2 Å². The molecule has 1 amide bonds. The number of hydrogen-bond donors (Lipinski definition) is 1. The van der Waals surface area contributed by atoms with Crippen molar-refractivity contribution in [3.8, 4) is 0 Å². The summed E-state index contributed by atoms with van der Waals surface area (Å²) in [5.74, 6) is 0.157. The van der Waals surface area contributed by atoms with E-state index in [0.717, 1.165) is 64.2 Å². The van der Waals surface area contributed by atoms with Crippen LogP contribution < -0.4 is 10.2 Å². The second-order valence-electron chi connectivity index (χ2n) is 6.08. The number of hydrogen-bond acceptors (Lipinski definition) is 3. The summed E-state index contributed by atoms with van der Waals surface area (Å²) in [5, 5.41) is 3.39. The van der Waals surface area contributed by atoms with Crippen LogP contribution >= 0.6 is 0 Å². The normalized spacial score (nSPS) is 19.4. The number of nitrogens with one attached hydrogen (secondary N) is 1. The first-order chi connectivity index (χ1) is 10.2. The molecule has 0 unspecified atom stereocenters. The van der Waals surface area contributed by atoms with Gasteiger partial charge >= 0.3 is 0 Å². The number of nitrogens with zero attached hydrogens (tertiary/aromatic N) is 2. The first-order valence-electron chi connectivity index (χ1n) is 8.07. The highest BCUT2D eigenvalue weighted by Crippen LogP contribution is 2.28. The van der Waals surface area contributed by atoms with Gasteiger partial charge in [0.2, 0.25) is 5.91 Å². The summed E-state index contributed by atoms with van der Waals surface area (Å²) in [6.45, 7) is 8.19. The molecular weight excluding hydrogens is 262 g/mol. The van der Waals surface area contributed by atoms with Crippen molar-refractivity contribution in [3.05, 3.63) is 29.3 Å². The lowest BCUT2D eigenvalue weighted by Crippen LogP contribution is -2.44. The van der Waals surface area contributed by atoms with E-state index in [2.05, 4.69) is 28.4 Å². The summed E-state index contributed by atoms with van der Waals surface area (Å²) in [7, 11) is 0. The van der Waals surface area contributed by atoms with Crippen molar-refractivity contribution in [2.75, 3.05) is 44.2 Å². The molecule has 0 radical (unpaired) electrons. The Labute approximate surface area is 127 Å². The van der Waals surface area contributed by atoms with Crippen LogP contribution in [0.2, 0.25) is 0 Å². The molecule has 0 atom stereocenters. The van der Waals surface area contributed by atoms with E-state index in [4.69, 9.17) is 0 Å². The van der Waals surface area contributed by atoms with Crippen molar-refractivity contribution in [2.24, 2.45) is 0 Å². The molecule has 4 nitrogen and oxygen atoms in total. The maximum Gasteiger partial charge on any atom is 0.223 e. The van der Waals surface area contributed by atoms with Gasteiger partial charge in [-0.1, -0.05) is 12.1 Å². The second kappa shape index (κ2) is 6.58. The minimum atomic E-state index is 0.157. The summed E-state index contributed by atoms with van der Waals surface area (Å²) < 4.78 is 0. The zero-order valence-corrected chi connectivity index (χ0v) is 12.9. The summed E-state index contributed by atoms with van der Waals surface area (Å²) in [5.41, 5.74) is 3.87. The minimum Gasteiger partial charge on any atom is -0.314 e. The maximum atomic E-state index is 11.7. The molecule has 1 fully saturated rings. The molecule has 0 spiro atoms. The van der Waals surface area contributed by atoms with Gasteiger partial charge in [-0.3, -0.25) is 4.79 Å². The Balaban J connectivity index is 1.66. The number of piperazine rings is 1. The third-order valence-corrected chi connectivity index (χ3v) is 4.57. The molecule has 0 bridgehead atoms. The van der Waals surface area contributed by atoms with Crippen molar-refractivity contribution >= 4 is 11.6 Å². The first-order valence-corrected chi connectivity index (χ1v) is 8.07. The van der Waals surface area contributed by atoms with Gasteiger partial charge in [0, 0.05) is 51.9 Å². The van der Waals surface area contributed by atoms with E-state index < -0.39 is 0 Å². The third kappa shape index (κ3) is 3.44. The first kappa shape index (κ1) is 14.5. The van der Waals surface area contributed by atoms with Crippen LogP contribution in [0.3, 0.4) is 0 Å². The van der Waals surface area contributed by atoms with Gasteiger partial charge in [0.05, 0.1) is 0 Å². The fourth-order valence-corrected chi connectivity index (χ4v) is 3.36. The smallest absolute Gasteiger partial charge is 0.223 e. The lowest BCUT2D eigenvalue weighted by Gasteiger charge is -2.29. The zero-order valence-electron chi connectivity index (χ0n) is 12.9. The number of carbonyl (C=O) groups is 1. The molecule has 21 heavy (non-hydrogen) atoms. The van der Waals surface area contributed by atoms with Crippen LogP contribution in [0.25, 0.3) is 0 Å². The second-order valence-corrected chi connectivity index (χ2v) is 6.08. The molecule has 1 aromatic carbocycles. The molecule has 4 heteroatoms. The number of amides is 1. The quantitative estimate of drug-likeness (QED) is 0.913. The number of benzene rings is 1. The summed E-state index contributed by atoms with van der Waals surface area (Å²) in [6, 6.07) is 6.65. The van der Waals surface area contributed by atoms with E-state index in [-0.39, 0.29) is 5.91 Å². The number of carbonyl (C=O) groups excluding carboxylic acids is 1. The average molecular weight is 287 g/mol. The van der Waals surface area contributed by atoms with Crippen molar-refractivity contribution in [3.63, 3.8) is 0 Å². The van der Waals surface area contributed by atoms with Crippen LogP contribution in [-0.4, -0.2) is 50.1 Å². The summed E-state index contributed by atoms with van der Waals surface area (Å²) in [4.78, 5) is 16.1. The topological polar surface area (TPSA) is 35.6 Å². The summed E-state index contributed by atoms with van der Waals surface area (Å²) in [6.07, 6.45) is 3.28. The van der Waals surface area contributed by atoms with Gasteiger partial charge in [-0.05, 0) is 36.5 Å². The average Bonchev–Trinajstić information content (AvgIpc) is 2.53. The van der Waals surface area contributed by atoms with Crippen LogP contribution in [-0.2, 0) is 17.6 Å². The van der Waals surface area contributed by atoms with E-state index >= 15 is 0 Å². The lowest BCUT2D eigenvalue weighted by atomic mass is 9.98. The van der Waals surface area contributed by atoms with E-state index in [1.54, 1.807) is 6.92 Å². The van der Waals surface area contributed by atoms with Gasteiger partial charge in [-0.25, -0.2) is 0 Å². The van der Waals surface area contributed by atoms with E-state index in [0.29, 0.717) is 0 Å². The van der Waals surface area contributed by atoms with Gasteiger partial charge in [0.15, 0.2) is 0 Å². The lowest BCUT2D eigenvalue weighted by molar-refractivity contribution is -0.116. The predicted octanol–water partition coefficient (Wildman–Crippen LogP) is 1.43. The third-order valence-electron chi connectivity index (χ3n) is 4.57. The van der Waals surface area contributed by atoms with Crippen LogP contribution in [0.4, 0.5) is 5.69 Å². The Morgan fingerprint density at radius 2 is 2.05 bits per heavy atom. The van der Waals surface area contributed by atoms with Crippen LogP contribution in [0.5, 0.6) is 0 Å². The molecule has 2 heterocycles. The van der Waals surface area contributed by atoms with Gasteiger partial charge < -0.3 is 15.1 Å². The molecule has 3 rings (SSSR count). The fraction of sp³-hybridized carbons (Fsp3) is 0.588. The van der Waals surface area contributed by atoms with E-state index in [9.17, 15) is 4.79 Å². The highest BCUT2D eigenvalue weighted by molar-refractivity contribution is 5.92. The Morgan fingerprint density at radius 3 is 2.81 bits per heavy atom. The molecule has 2 aliphatic heterocycles. The molecule has 0 saturated carbocycles. The van der Waals surface area contributed by atoms with Crippen molar-refractivity contribution in [1.29, 1.82) is 0 Å². The highest BCUT2D eigenvalue weighted by Gasteiger charge is 2.20. The maximum absolute atomic E-state index is 11.7. The monoisotopic (exact) mass is 287 g/mol. The van der Waals surface area contributed by atoms with Crippen molar-refractivity contribution < 1.29 is 4.79 Å². The molecule has 1 aromatic rings. The molecule has 2 aliphatic rings. The van der Waals surface area contributed by atoms with Crippen LogP contribution in [0, 0.1) is 0 Å². The minimum absolute atomic E-state index is 0.157. The SMILES string of the molecule is CC(=O)N1CCCc2cc(CCN3CCNCC3)ccc21.